The van der Waals surface area contributed by atoms with Gasteiger partial charge in [0.05, 0.1) is 34.8 Å². The zero-order chi connectivity index (χ0) is 15.5. The molecule has 0 aliphatic rings. The first-order valence-corrected chi connectivity index (χ1v) is 6.19. The number of nitrogens with one attached hydrogen (secondary N) is 1. The maximum absolute atomic E-state index is 13.2. The Hall–Kier alpha value is -2.40. The number of benzene rings is 1. The van der Waals surface area contributed by atoms with E-state index in [1.54, 1.807) is 6.07 Å². The van der Waals surface area contributed by atoms with Crippen LogP contribution in [0.15, 0.2) is 24.4 Å². The zero-order valence-corrected chi connectivity index (χ0v) is 11.1. The van der Waals surface area contributed by atoms with Crippen molar-refractivity contribution < 1.29 is 13.2 Å². The maximum atomic E-state index is 13.2. The van der Waals surface area contributed by atoms with E-state index >= 15 is 0 Å². The lowest BCUT2D eigenvalue weighted by Crippen LogP contribution is -2.18. The Kier molecular flexibility index (Phi) is 4.23. The van der Waals surface area contributed by atoms with Gasteiger partial charge in [-0.2, -0.15) is 18.4 Å². The highest BCUT2D eigenvalue weighted by Crippen LogP contribution is 2.34. The zero-order valence-electron chi connectivity index (χ0n) is 11.1. The van der Waals surface area contributed by atoms with Crippen LogP contribution in [0.2, 0.25) is 0 Å². The number of aromatic nitrogens is 3. The summed E-state index contributed by atoms with van der Waals surface area (Å²) in [5, 5.41) is 19.1. The minimum atomic E-state index is -4.58. The summed E-state index contributed by atoms with van der Waals surface area (Å²) >= 11 is 0. The lowest BCUT2D eigenvalue weighted by molar-refractivity contribution is -0.137. The van der Waals surface area contributed by atoms with Gasteiger partial charge in [0.15, 0.2) is 0 Å². The van der Waals surface area contributed by atoms with Gasteiger partial charge < -0.3 is 5.32 Å². The molecule has 0 radical (unpaired) electrons. The molecule has 0 bridgehead atoms. The molecular formula is C13H12F3N5. The number of hydrogen-bond acceptors (Lipinski definition) is 4. The van der Waals surface area contributed by atoms with E-state index in [2.05, 4.69) is 15.6 Å². The van der Waals surface area contributed by atoms with E-state index in [0.717, 1.165) is 10.7 Å². The van der Waals surface area contributed by atoms with Gasteiger partial charge in [-0.05, 0) is 24.7 Å². The molecule has 0 aliphatic carbocycles. The van der Waals surface area contributed by atoms with E-state index in [1.807, 2.05) is 6.92 Å². The van der Waals surface area contributed by atoms with Crippen molar-refractivity contribution in [3.63, 3.8) is 0 Å². The molecule has 0 fully saturated rings. The van der Waals surface area contributed by atoms with Crippen LogP contribution in [0.5, 0.6) is 0 Å². The molecule has 2 rings (SSSR count). The van der Waals surface area contributed by atoms with Crippen molar-refractivity contribution in [2.75, 3.05) is 6.54 Å². The van der Waals surface area contributed by atoms with E-state index < -0.39 is 11.7 Å². The topological polar surface area (TPSA) is 66.5 Å². The predicted octanol–water partition coefficient (Wildman–Crippen LogP) is 2.27. The van der Waals surface area contributed by atoms with Crippen LogP contribution < -0.4 is 5.32 Å². The third-order valence-electron chi connectivity index (χ3n) is 2.84. The minimum Gasteiger partial charge on any atom is -0.311 e. The Morgan fingerprint density at radius 2 is 2.14 bits per heavy atom. The summed E-state index contributed by atoms with van der Waals surface area (Å²) < 4.78 is 40.6. The molecule has 0 atom stereocenters. The SMILES string of the molecule is CCNCc1cnnn1-c1ccc(C#N)cc1C(F)(F)F. The van der Waals surface area contributed by atoms with E-state index in [9.17, 15) is 13.2 Å². The Morgan fingerprint density at radius 1 is 1.38 bits per heavy atom. The third-order valence-corrected chi connectivity index (χ3v) is 2.84. The van der Waals surface area contributed by atoms with Gasteiger partial charge in [-0.25, -0.2) is 4.68 Å². The summed E-state index contributed by atoms with van der Waals surface area (Å²) in [6.07, 6.45) is -3.18. The molecule has 0 amide bonds. The molecule has 1 N–H and O–H groups in total. The van der Waals surface area contributed by atoms with Crippen molar-refractivity contribution in [1.29, 1.82) is 5.26 Å². The van der Waals surface area contributed by atoms with Gasteiger partial charge in [-0.15, -0.1) is 5.10 Å². The number of halogens is 3. The first kappa shape index (κ1) is 15.0. The van der Waals surface area contributed by atoms with Crippen LogP contribution in [-0.2, 0) is 12.7 Å². The van der Waals surface area contributed by atoms with Crippen LogP contribution in [0.1, 0.15) is 23.7 Å². The molecule has 2 aromatic rings. The van der Waals surface area contributed by atoms with Crippen molar-refractivity contribution in [3.05, 3.63) is 41.2 Å². The maximum Gasteiger partial charge on any atom is 0.418 e. The smallest absolute Gasteiger partial charge is 0.311 e. The van der Waals surface area contributed by atoms with Crippen LogP contribution in [0.3, 0.4) is 0 Å². The fourth-order valence-corrected chi connectivity index (χ4v) is 1.85. The number of rotatable bonds is 4. The van der Waals surface area contributed by atoms with Crippen LogP contribution in [0.4, 0.5) is 13.2 Å². The number of hydrogen-bond donors (Lipinski definition) is 1. The van der Waals surface area contributed by atoms with Crippen molar-refractivity contribution >= 4 is 0 Å². The second kappa shape index (κ2) is 5.93. The average Bonchev–Trinajstić information content (AvgIpc) is 2.91. The Bertz CT molecular complexity index is 669. The van der Waals surface area contributed by atoms with Gasteiger partial charge in [0.25, 0.3) is 0 Å². The average molecular weight is 295 g/mol. The largest absolute Gasteiger partial charge is 0.418 e. The lowest BCUT2D eigenvalue weighted by Gasteiger charge is -2.14. The third kappa shape index (κ3) is 3.20. The highest BCUT2D eigenvalue weighted by molar-refractivity contribution is 5.48. The van der Waals surface area contributed by atoms with Crippen LogP contribution in [0.25, 0.3) is 5.69 Å². The molecule has 1 aromatic heterocycles. The van der Waals surface area contributed by atoms with Gasteiger partial charge in [0, 0.05) is 6.54 Å². The Labute approximate surface area is 119 Å². The molecular weight excluding hydrogens is 283 g/mol. The standard InChI is InChI=1S/C13H12F3N5/c1-2-18-7-10-8-19-20-21(10)12-4-3-9(6-17)5-11(12)13(14,15)16/h3-5,8,18H,2,7H2,1H3. The second-order valence-electron chi connectivity index (χ2n) is 4.26. The van der Waals surface area contributed by atoms with Crippen LogP contribution in [0, 0.1) is 11.3 Å². The van der Waals surface area contributed by atoms with Gasteiger partial charge in [0.2, 0.25) is 0 Å². The lowest BCUT2D eigenvalue weighted by atomic mass is 10.1. The molecule has 8 heteroatoms. The summed E-state index contributed by atoms with van der Waals surface area (Å²) in [5.41, 5.74) is -0.608. The Balaban J connectivity index is 2.54. The number of nitrogens with zero attached hydrogens (tertiary/aromatic N) is 4. The van der Waals surface area contributed by atoms with Crippen LogP contribution >= 0.6 is 0 Å². The van der Waals surface area contributed by atoms with Gasteiger partial charge >= 0.3 is 6.18 Å². The van der Waals surface area contributed by atoms with E-state index in [4.69, 9.17) is 5.26 Å². The van der Waals surface area contributed by atoms with Crippen molar-refractivity contribution in [3.8, 4) is 11.8 Å². The Morgan fingerprint density at radius 3 is 2.76 bits per heavy atom. The second-order valence-corrected chi connectivity index (χ2v) is 4.26. The summed E-state index contributed by atoms with van der Waals surface area (Å²) in [6.45, 7) is 2.91. The fraction of sp³-hybridized carbons (Fsp3) is 0.308. The molecule has 1 aromatic carbocycles. The van der Waals surface area contributed by atoms with Crippen molar-refractivity contribution in [2.45, 2.75) is 19.6 Å². The minimum absolute atomic E-state index is 0.0561. The molecule has 0 saturated carbocycles. The highest BCUT2D eigenvalue weighted by atomic mass is 19.4. The molecule has 5 nitrogen and oxygen atoms in total. The molecule has 21 heavy (non-hydrogen) atoms. The monoisotopic (exact) mass is 295 g/mol. The molecule has 0 saturated heterocycles. The highest BCUT2D eigenvalue weighted by Gasteiger charge is 2.35. The molecule has 1 heterocycles. The summed E-state index contributed by atoms with van der Waals surface area (Å²) in [6, 6.07) is 5.07. The normalized spacial score (nSPS) is 11.4. The van der Waals surface area contributed by atoms with E-state index in [1.165, 1.54) is 18.3 Å². The number of alkyl halides is 3. The molecule has 110 valence electrons. The predicted molar refractivity (Wildman–Crippen MR) is 68.5 cm³/mol. The summed E-state index contributed by atoms with van der Waals surface area (Å²) in [5.74, 6) is 0. The van der Waals surface area contributed by atoms with Gasteiger partial charge in [-0.1, -0.05) is 12.1 Å². The quantitative estimate of drug-likeness (QED) is 0.939. The van der Waals surface area contributed by atoms with Gasteiger partial charge in [0.1, 0.15) is 0 Å². The fourth-order valence-electron chi connectivity index (χ4n) is 1.85. The summed E-state index contributed by atoms with van der Waals surface area (Å²) in [7, 11) is 0. The van der Waals surface area contributed by atoms with Gasteiger partial charge in [-0.3, -0.25) is 0 Å². The molecule has 0 spiro atoms. The first-order chi connectivity index (χ1) is 9.97. The van der Waals surface area contributed by atoms with Crippen LogP contribution in [-0.4, -0.2) is 21.5 Å². The van der Waals surface area contributed by atoms with E-state index in [-0.39, 0.29) is 11.3 Å². The molecule has 0 aliphatic heterocycles. The molecule has 0 unspecified atom stereocenters. The number of nitriles is 1. The van der Waals surface area contributed by atoms with Crippen molar-refractivity contribution in [1.82, 2.24) is 20.3 Å². The van der Waals surface area contributed by atoms with E-state index in [0.29, 0.717) is 18.8 Å². The summed E-state index contributed by atoms with van der Waals surface area (Å²) in [4.78, 5) is 0. The first-order valence-electron chi connectivity index (χ1n) is 6.19. The van der Waals surface area contributed by atoms with Crippen molar-refractivity contribution in [2.24, 2.45) is 0 Å².